The Morgan fingerprint density at radius 1 is 0.400 bits per heavy atom. The minimum Gasteiger partial charge on any atom is -0.396 e. The van der Waals surface area contributed by atoms with Gasteiger partial charge >= 0.3 is 35.8 Å². The van der Waals surface area contributed by atoms with Crippen LogP contribution in [0.25, 0.3) is 0 Å². The zero-order valence-corrected chi connectivity index (χ0v) is 15.4. The zero-order chi connectivity index (χ0) is 24.1. The maximum atomic E-state index is 13.5. The highest BCUT2D eigenvalue weighted by Crippen LogP contribution is 2.60. The van der Waals surface area contributed by atoms with Gasteiger partial charge in [0, 0.05) is 13.0 Å². The van der Waals surface area contributed by atoms with E-state index in [0.717, 1.165) is 0 Å². The van der Waals surface area contributed by atoms with Gasteiger partial charge in [0.1, 0.15) is 0 Å². The third kappa shape index (κ3) is 5.84. The molecular weight excluding hydrogens is 455 g/mol. The van der Waals surface area contributed by atoms with E-state index in [2.05, 4.69) is 0 Å². The van der Waals surface area contributed by atoms with Crippen molar-refractivity contribution in [2.75, 3.05) is 6.61 Å². The summed E-state index contributed by atoms with van der Waals surface area (Å²) in [4.78, 5) is 0. The first-order valence-corrected chi connectivity index (χ1v) is 8.88. The lowest BCUT2D eigenvalue weighted by Gasteiger charge is -2.39. The van der Waals surface area contributed by atoms with Gasteiger partial charge in [-0.1, -0.05) is 38.5 Å². The Hall–Kier alpha value is -0.950. The first kappa shape index (κ1) is 29.1. The summed E-state index contributed by atoms with van der Waals surface area (Å²) in [6, 6.07) is 0. The Morgan fingerprint density at radius 2 is 0.733 bits per heavy atom. The molecule has 0 spiro atoms. The quantitative estimate of drug-likeness (QED) is 0.207. The lowest BCUT2D eigenvalue weighted by molar-refractivity contribution is -0.440. The van der Waals surface area contributed by atoms with Gasteiger partial charge in [-0.3, -0.25) is 0 Å². The van der Waals surface area contributed by atoms with Crippen molar-refractivity contribution in [2.45, 2.75) is 93.6 Å². The molecule has 14 heteroatoms. The monoisotopic (exact) mass is 476 g/mol. The highest BCUT2D eigenvalue weighted by Gasteiger charge is 2.90. The van der Waals surface area contributed by atoms with Gasteiger partial charge in [0.05, 0.1) is 0 Å². The van der Waals surface area contributed by atoms with Crippen molar-refractivity contribution in [1.29, 1.82) is 0 Å². The highest BCUT2D eigenvalue weighted by atomic mass is 19.4. The molecule has 182 valence electrons. The van der Waals surface area contributed by atoms with Gasteiger partial charge in [0.25, 0.3) is 0 Å². The molecule has 0 amide bonds. The molecule has 0 fully saturated rings. The normalized spacial score (nSPS) is 15.0. The Labute approximate surface area is 163 Å². The summed E-state index contributed by atoms with van der Waals surface area (Å²) in [6.07, 6.45) is -7.52. The number of unbranched alkanes of at least 4 members (excludes halogenated alkanes) is 7. The molecule has 0 saturated heterocycles. The van der Waals surface area contributed by atoms with Gasteiger partial charge in [-0.05, 0) is 12.8 Å². The van der Waals surface area contributed by atoms with Gasteiger partial charge in [-0.2, -0.15) is 57.1 Å². The molecule has 30 heavy (non-hydrogen) atoms. The van der Waals surface area contributed by atoms with E-state index in [-0.39, 0.29) is 19.4 Å². The van der Waals surface area contributed by atoms with Crippen molar-refractivity contribution in [3.8, 4) is 0 Å². The summed E-state index contributed by atoms with van der Waals surface area (Å²) < 4.78 is 168. The van der Waals surface area contributed by atoms with Gasteiger partial charge in [-0.25, -0.2) is 0 Å². The van der Waals surface area contributed by atoms with E-state index in [0.29, 0.717) is 32.1 Å². The molecule has 0 aliphatic heterocycles. The predicted molar refractivity (Wildman–Crippen MR) is 79.4 cm³/mol. The molecule has 0 aromatic rings. The van der Waals surface area contributed by atoms with Crippen molar-refractivity contribution in [1.82, 2.24) is 0 Å². The SMILES string of the molecule is OCCCCCCCCCCC(F)(F)C(F)(F)C(F)(F)C(F)(F)C(F)(F)C(F)(F)F. The maximum Gasteiger partial charge on any atom is 0.460 e. The minimum atomic E-state index is -7.83. The number of hydrogen-bond acceptors (Lipinski definition) is 1. The molecule has 0 bridgehead atoms. The molecule has 1 N–H and O–H groups in total. The van der Waals surface area contributed by atoms with Crippen LogP contribution in [0.1, 0.15) is 57.8 Å². The minimum absolute atomic E-state index is 0.0259. The van der Waals surface area contributed by atoms with Crippen LogP contribution >= 0.6 is 0 Å². The van der Waals surface area contributed by atoms with Crippen LogP contribution in [0.3, 0.4) is 0 Å². The van der Waals surface area contributed by atoms with Crippen molar-refractivity contribution in [3.63, 3.8) is 0 Å². The molecule has 0 saturated carbocycles. The number of aliphatic hydroxyl groups excluding tert-OH is 1. The van der Waals surface area contributed by atoms with Gasteiger partial charge in [0.2, 0.25) is 0 Å². The van der Waals surface area contributed by atoms with Crippen LogP contribution in [-0.2, 0) is 0 Å². The smallest absolute Gasteiger partial charge is 0.396 e. The summed E-state index contributed by atoms with van der Waals surface area (Å²) >= 11 is 0. The van der Waals surface area contributed by atoms with Gasteiger partial charge in [-0.15, -0.1) is 0 Å². The average molecular weight is 476 g/mol. The number of alkyl halides is 13. The Morgan fingerprint density at radius 3 is 1.10 bits per heavy atom. The first-order chi connectivity index (χ1) is 13.3. The first-order valence-electron chi connectivity index (χ1n) is 8.88. The van der Waals surface area contributed by atoms with Crippen LogP contribution in [0.4, 0.5) is 57.1 Å². The van der Waals surface area contributed by atoms with Crippen LogP contribution in [0.2, 0.25) is 0 Å². The summed E-state index contributed by atoms with van der Waals surface area (Å²) in [6.45, 7) is -0.0259. The number of rotatable bonds is 14. The van der Waals surface area contributed by atoms with Crippen LogP contribution in [0, 0.1) is 0 Å². The molecule has 0 radical (unpaired) electrons. The second-order valence-corrected chi connectivity index (χ2v) is 6.80. The van der Waals surface area contributed by atoms with Gasteiger partial charge < -0.3 is 5.11 Å². The molecule has 0 aromatic carbocycles. The standard InChI is InChI=1S/C16H21F13O/c17-11(18,9-7-5-3-1-2-4-6-8-10-30)12(19,20)13(21,22)14(23,24)15(25,26)16(27,28)29/h30H,1-10H2. The second-order valence-electron chi connectivity index (χ2n) is 6.80. The lowest BCUT2D eigenvalue weighted by Crippen LogP contribution is -2.70. The Balaban J connectivity index is 5.08. The average Bonchev–Trinajstić information content (AvgIpc) is 2.58. The molecule has 1 nitrogen and oxygen atoms in total. The van der Waals surface area contributed by atoms with Crippen molar-refractivity contribution < 1.29 is 62.2 Å². The zero-order valence-electron chi connectivity index (χ0n) is 15.4. The Kier molecular flexibility index (Phi) is 9.79. The topological polar surface area (TPSA) is 20.2 Å². The maximum absolute atomic E-state index is 13.5. The highest BCUT2D eigenvalue weighted by molar-refractivity contribution is 5.10. The number of aliphatic hydroxyl groups is 1. The van der Waals surface area contributed by atoms with E-state index in [4.69, 9.17) is 5.11 Å². The largest absolute Gasteiger partial charge is 0.460 e. The third-order valence-electron chi connectivity index (χ3n) is 4.40. The third-order valence-corrected chi connectivity index (χ3v) is 4.40. The molecule has 0 aromatic heterocycles. The number of hydrogen-bond donors (Lipinski definition) is 1. The molecule has 0 heterocycles. The van der Waals surface area contributed by atoms with Crippen LogP contribution in [-0.4, -0.2) is 47.5 Å². The van der Waals surface area contributed by atoms with E-state index in [1.54, 1.807) is 0 Å². The molecule has 0 aliphatic carbocycles. The fourth-order valence-corrected chi connectivity index (χ4v) is 2.48. The fourth-order valence-electron chi connectivity index (χ4n) is 2.48. The van der Waals surface area contributed by atoms with E-state index in [1.807, 2.05) is 0 Å². The van der Waals surface area contributed by atoms with E-state index in [9.17, 15) is 57.1 Å². The van der Waals surface area contributed by atoms with E-state index in [1.165, 1.54) is 0 Å². The molecule has 0 rings (SSSR count). The fraction of sp³-hybridized carbons (Fsp3) is 1.00. The lowest BCUT2D eigenvalue weighted by atomic mass is 9.91. The molecule has 0 atom stereocenters. The van der Waals surface area contributed by atoms with Crippen molar-refractivity contribution >= 4 is 0 Å². The van der Waals surface area contributed by atoms with E-state index < -0.39 is 48.6 Å². The van der Waals surface area contributed by atoms with Crippen molar-refractivity contribution in [2.24, 2.45) is 0 Å². The Bertz CT molecular complexity index is 514. The molecular formula is C16H21F13O. The van der Waals surface area contributed by atoms with Gasteiger partial charge in [0.15, 0.2) is 0 Å². The van der Waals surface area contributed by atoms with Crippen LogP contribution < -0.4 is 0 Å². The van der Waals surface area contributed by atoms with E-state index >= 15 is 0 Å². The van der Waals surface area contributed by atoms with Crippen LogP contribution in [0.15, 0.2) is 0 Å². The summed E-state index contributed by atoms with van der Waals surface area (Å²) in [5.41, 5.74) is 0. The molecule has 0 aliphatic rings. The number of halogens is 13. The predicted octanol–water partition coefficient (Wildman–Crippen LogP) is 7.23. The summed E-state index contributed by atoms with van der Waals surface area (Å²) in [5.74, 6) is -36.4. The van der Waals surface area contributed by atoms with Crippen LogP contribution in [0.5, 0.6) is 0 Å². The summed E-state index contributed by atoms with van der Waals surface area (Å²) in [7, 11) is 0. The van der Waals surface area contributed by atoms with Crippen molar-refractivity contribution in [3.05, 3.63) is 0 Å². The summed E-state index contributed by atoms with van der Waals surface area (Å²) in [5, 5.41) is 8.54. The molecule has 0 unspecified atom stereocenters. The second kappa shape index (κ2) is 10.1.